The van der Waals surface area contributed by atoms with E-state index in [-0.39, 0.29) is 24.9 Å². The molecule has 3 unspecified atom stereocenters. The molecule has 0 aliphatic carbocycles. The van der Waals surface area contributed by atoms with E-state index in [4.69, 9.17) is 4.74 Å². The maximum Gasteiger partial charge on any atom is 0.306 e. The molecule has 6 heteroatoms. The molecule has 0 saturated carbocycles. The lowest BCUT2D eigenvalue weighted by molar-refractivity contribution is -0.151. The van der Waals surface area contributed by atoms with E-state index in [1.807, 2.05) is 0 Å². The fraction of sp³-hybridized carbons (Fsp3) is 0.889. The molecule has 0 heterocycles. The van der Waals surface area contributed by atoms with Gasteiger partial charge in [-0.1, -0.05) is 244 Å². The first-order chi connectivity index (χ1) is 29.5. The lowest BCUT2D eigenvalue weighted by Gasteiger charge is -2.24. The van der Waals surface area contributed by atoms with Crippen LogP contribution in [0, 0.1) is 0 Å². The molecule has 0 aromatic heterocycles. The van der Waals surface area contributed by atoms with Crippen molar-refractivity contribution in [3.8, 4) is 0 Å². The highest BCUT2D eigenvalue weighted by molar-refractivity contribution is 5.77. The van der Waals surface area contributed by atoms with Crippen molar-refractivity contribution >= 4 is 11.9 Å². The molecule has 0 rings (SSSR count). The molecule has 3 atom stereocenters. The van der Waals surface area contributed by atoms with Crippen LogP contribution < -0.4 is 5.32 Å². The number of carbonyl (C=O) groups is 2. The number of aliphatic hydroxyl groups excluding tert-OH is 2. The van der Waals surface area contributed by atoms with Crippen LogP contribution in [0.4, 0.5) is 0 Å². The Morgan fingerprint density at radius 1 is 0.500 bits per heavy atom. The van der Waals surface area contributed by atoms with Gasteiger partial charge in [0.05, 0.1) is 25.2 Å². The summed E-state index contributed by atoms with van der Waals surface area (Å²) in [6.07, 6.45) is 55.2. The van der Waals surface area contributed by atoms with Gasteiger partial charge in [0.15, 0.2) is 0 Å². The standard InChI is InChI=1S/C54H103NO5/c1-4-7-10-13-16-19-22-25-27-28-30-33-36-39-42-45-50(60-54(59)47-44-41-38-35-32-29-26-23-20-17-14-11-8-5-2)48-53(58)55-51(49-56)52(57)46-43-40-37-34-31-24-21-18-15-12-9-6-3/h8,11,17,20,50-52,56-57H,4-7,9-10,12-16,18-19,21-49H2,1-3H3,(H,55,58)/b11-8+,20-17+. The van der Waals surface area contributed by atoms with E-state index in [0.717, 1.165) is 64.2 Å². The molecule has 1 amide bonds. The Bertz CT molecular complexity index is 950. The first-order valence-corrected chi connectivity index (χ1v) is 26.6. The third-order valence-corrected chi connectivity index (χ3v) is 12.3. The number of hydrogen-bond donors (Lipinski definition) is 3. The normalized spacial score (nSPS) is 13.3. The van der Waals surface area contributed by atoms with Gasteiger partial charge >= 0.3 is 5.97 Å². The second-order valence-corrected chi connectivity index (χ2v) is 18.3. The van der Waals surface area contributed by atoms with Crippen molar-refractivity contribution in [2.24, 2.45) is 0 Å². The highest BCUT2D eigenvalue weighted by Gasteiger charge is 2.24. The van der Waals surface area contributed by atoms with Gasteiger partial charge in [-0.25, -0.2) is 0 Å². The summed E-state index contributed by atoms with van der Waals surface area (Å²) in [6, 6.07) is -0.697. The number of amides is 1. The Hall–Kier alpha value is -1.66. The van der Waals surface area contributed by atoms with Crippen LogP contribution in [-0.4, -0.2) is 46.9 Å². The lowest BCUT2D eigenvalue weighted by atomic mass is 10.0. The molecule has 6 nitrogen and oxygen atoms in total. The summed E-state index contributed by atoms with van der Waals surface area (Å²) in [5.74, 6) is -0.467. The molecular weight excluding hydrogens is 743 g/mol. The number of aliphatic hydroxyl groups is 2. The predicted molar refractivity (Wildman–Crippen MR) is 260 cm³/mol. The molecule has 0 aliphatic heterocycles. The molecule has 0 aliphatic rings. The average molecular weight is 846 g/mol. The topological polar surface area (TPSA) is 95.9 Å². The number of allylic oxidation sites excluding steroid dienone is 4. The summed E-state index contributed by atoms with van der Waals surface area (Å²) in [5.41, 5.74) is 0. The molecule has 0 aromatic rings. The molecule has 0 radical (unpaired) electrons. The number of nitrogens with one attached hydrogen (secondary N) is 1. The fourth-order valence-electron chi connectivity index (χ4n) is 8.29. The van der Waals surface area contributed by atoms with Crippen LogP contribution in [0.25, 0.3) is 0 Å². The van der Waals surface area contributed by atoms with Crippen LogP contribution in [0.15, 0.2) is 24.3 Å². The maximum atomic E-state index is 13.2. The van der Waals surface area contributed by atoms with Crippen LogP contribution in [-0.2, 0) is 14.3 Å². The number of hydrogen-bond acceptors (Lipinski definition) is 5. The molecule has 0 fully saturated rings. The number of rotatable bonds is 48. The van der Waals surface area contributed by atoms with Crippen molar-refractivity contribution in [3.63, 3.8) is 0 Å². The van der Waals surface area contributed by atoms with E-state index in [2.05, 4.69) is 50.4 Å². The molecule has 0 aromatic carbocycles. The van der Waals surface area contributed by atoms with E-state index in [1.165, 1.54) is 173 Å². The van der Waals surface area contributed by atoms with Gasteiger partial charge in [0.1, 0.15) is 6.10 Å². The van der Waals surface area contributed by atoms with Crippen molar-refractivity contribution in [1.29, 1.82) is 0 Å². The first-order valence-electron chi connectivity index (χ1n) is 26.6. The summed E-state index contributed by atoms with van der Waals surface area (Å²) in [4.78, 5) is 26.2. The third-order valence-electron chi connectivity index (χ3n) is 12.3. The second kappa shape index (κ2) is 48.4. The molecule has 354 valence electrons. The minimum atomic E-state index is -0.784. The first kappa shape index (κ1) is 58.3. The van der Waals surface area contributed by atoms with Crippen LogP contribution >= 0.6 is 0 Å². The molecule has 0 spiro atoms. The monoisotopic (exact) mass is 846 g/mol. The third kappa shape index (κ3) is 43.0. The molecule has 0 saturated heterocycles. The van der Waals surface area contributed by atoms with Gasteiger partial charge in [-0.15, -0.1) is 0 Å². The number of esters is 1. The molecule has 3 N–H and O–H groups in total. The summed E-state index contributed by atoms with van der Waals surface area (Å²) in [7, 11) is 0. The van der Waals surface area contributed by atoms with Gasteiger partial charge in [-0.2, -0.15) is 0 Å². The lowest BCUT2D eigenvalue weighted by Crippen LogP contribution is -2.46. The average Bonchev–Trinajstić information content (AvgIpc) is 3.24. The van der Waals surface area contributed by atoms with E-state index in [9.17, 15) is 19.8 Å². The predicted octanol–water partition coefficient (Wildman–Crippen LogP) is 15.9. The van der Waals surface area contributed by atoms with Crippen LogP contribution in [0.2, 0.25) is 0 Å². The van der Waals surface area contributed by atoms with Crippen LogP contribution in [0.1, 0.15) is 284 Å². The quantitative estimate of drug-likeness (QED) is 0.0322. The van der Waals surface area contributed by atoms with Crippen molar-refractivity contribution in [2.75, 3.05) is 6.61 Å². The van der Waals surface area contributed by atoms with E-state index < -0.39 is 18.2 Å². The number of unbranched alkanes of at least 4 members (excludes halogenated alkanes) is 32. The molecular formula is C54H103NO5. The SMILES string of the molecule is CC/C=C/C/C=C/CCCCCCCCCC(=O)OC(CCCCCCCCCCCCCCCCC)CC(=O)NC(CO)C(O)CCCCCCCCCCCCCC. The smallest absolute Gasteiger partial charge is 0.306 e. The summed E-state index contributed by atoms with van der Waals surface area (Å²) < 4.78 is 5.94. The van der Waals surface area contributed by atoms with E-state index in [1.54, 1.807) is 0 Å². The van der Waals surface area contributed by atoms with E-state index in [0.29, 0.717) is 19.3 Å². The summed E-state index contributed by atoms with van der Waals surface area (Å²) in [6.45, 7) is 6.40. The van der Waals surface area contributed by atoms with Crippen molar-refractivity contribution in [1.82, 2.24) is 5.32 Å². The Kier molecular flexibility index (Phi) is 47.0. The van der Waals surface area contributed by atoms with Crippen LogP contribution in [0.3, 0.4) is 0 Å². The highest BCUT2D eigenvalue weighted by atomic mass is 16.5. The minimum absolute atomic E-state index is 0.0802. The van der Waals surface area contributed by atoms with Gasteiger partial charge in [-0.3, -0.25) is 9.59 Å². The van der Waals surface area contributed by atoms with Crippen molar-refractivity contribution < 1.29 is 24.5 Å². The van der Waals surface area contributed by atoms with E-state index >= 15 is 0 Å². The fourth-order valence-corrected chi connectivity index (χ4v) is 8.29. The number of carbonyl (C=O) groups excluding carboxylic acids is 2. The zero-order valence-corrected chi connectivity index (χ0v) is 40.4. The second-order valence-electron chi connectivity index (χ2n) is 18.3. The zero-order valence-electron chi connectivity index (χ0n) is 40.4. The van der Waals surface area contributed by atoms with Gasteiger partial charge in [0.25, 0.3) is 0 Å². The maximum absolute atomic E-state index is 13.2. The van der Waals surface area contributed by atoms with Gasteiger partial charge in [0, 0.05) is 6.42 Å². The Balaban J connectivity index is 4.55. The Labute approximate surface area is 373 Å². The summed E-state index contributed by atoms with van der Waals surface area (Å²) in [5, 5.41) is 23.8. The van der Waals surface area contributed by atoms with Gasteiger partial charge in [-0.05, 0) is 51.4 Å². The molecule has 0 bridgehead atoms. The Morgan fingerprint density at radius 2 is 0.900 bits per heavy atom. The van der Waals surface area contributed by atoms with Gasteiger partial charge in [0.2, 0.25) is 5.91 Å². The zero-order chi connectivity index (χ0) is 43.8. The van der Waals surface area contributed by atoms with Crippen molar-refractivity contribution in [2.45, 2.75) is 302 Å². The summed E-state index contributed by atoms with van der Waals surface area (Å²) >= 11 is 0. The highest BCUT2D eigenvalue weighted by Crippen LogP contribution is 2.19. The Morgan fingerprint density at radius 3 is 1.35 bits per heavy atom. The van der Waals surface area contributed by atoms with Crippen LogP contribution in [0.5, 0.6) is 0 Å². The minimum Gasteiger partial charge on any atom is -0.462 e. The molecule has 60 heavy (non-hydrogen) atoms. The largest absolute Gasteiger partial charge is 0.462 e. The van der Waals surface area contributed by atoms with Gasteiger partial charge < -0.3 is 20.3 Å². The van der Waals surface area contributed by atoms with Crippen molar-refractivity contribution in [3.05, 3.63) is 24.3 Å². The number of ether oxygens (including phenoxy) is 1.